The van der Waals surface area contributed by atoms with Crippen LogP contribution in [0.1, 0.15) is 44.1 Å². The number of methoxy groups -OCH3 is 1. The molecule has 0 spiro atoms. The fraction of sp³-hybridized carbons (Fsp3) is 0.615. The number of ether oxygens (including phenoxy) is 1. The summed E-state index contributed by atoms with van der Waals surface area (Å²) in [4.78, 5) is 23.1. The molecule has 31 heavy (non-hydrogen) atoms. The fourth-order valence-electron chi connectivity index (χ4n) is 7.55. The van der Waals surface area contributed by atoms with Crippen LogP contribution in [0, 0.1) is 30.1 Å². The first-order valence-electron chi connectivity index (χ1n) is 12.0. The summed E-state index contributed by atoms with van der Waals surface area (Å²) in [5.74, 6) is 4.73. The number of rotatable bonds is 3. The van der Waals surface area contributed by atoms with Gasteiger partial charge in [-0.3, -0.25) is 4.79 Å². The minimum atomic E-state index is -0.0257. The Morgan fingerprint density at radius 3 is 2.29 bits per heavy atom. The van der Waals surface area contributed by atoms with E-state index in [2.05, 4.69) is 28.9 Å². The fourth-order valence-corrected chi connectivity index (χ4v) is 7.55. The maximum absolute atomic E-state index is 13.7. The lowest BCUT2D eigenvalue weighted by atomic mass is 9.49. The van der Waals surface area contributed by atoms with Gasteiger partial charge in [-0.2, -0.15) is 0 Å². The van der Waals surface area contributed by atoms with Gasteiger partial charge in [-0.15, -0.1) is 0 Å². The summed E-state index contributed by atoms with van der Waals surface area (Å²) >= 11 is 0. The Labute approximate surface area is 184 Å². The van der Waals surface area contributed by atoms with Crippen molar-refractivity contribution in [3.05, 3.63) is 29.8 Å². The Balaban J connectivity index is 1.19. The molecule has 1 aromatic heterocycles. The first-order chi connectivity index (χ1) is 15.0. The number of anilines is 1. The number of benzene rings is 1. The number of aromatic nitrogens is 1. The molecule has 2 heterocycles. The first-order valence-corrected chi connectivity index (χ1v) is 12.0. The first kappa shape index (κ1) is 19.4. The van der Waals surface area contributed by atoms with Gasteiger partial charge in [0.05, 0.1) is 12.5 Å². The van der Waals surface area contributed by atoms with Gasteiger partial charge in [-0.05, 0) is 80.9 Å². The summed E-state index contributed by atoms with van der Waals surface area (Å²) in [7, 11) is 1.70. The van der Waals surface area contributed by atoms with Crippen LogP contribution < -0.4 is 9.64 Å². The molecule has 2 aromatic rings. The van der Waals surface area contributed by atoms with Gasteiger partial charge in [-0.25, -0.2) is 4.98 Å². The van der Waals surface area contributed by atoms with Gasteiger partial charge in [0.25, 0.3) is 0 Å². The number of piperazine rings is 1. The zero-order valence-electron chi connectivity index (χ0n) is 18.8. The molecule has 164 valence electrons. The van der Waals surface area contributed by atoms with Crippen LogP contribution in [0.15, 0.2) is 24.3 Å². The summed E-state index contributed by atoms with van der Waals surface area (Å²) in [5.41, 5.74) is 2.11. The van der Waals surface area contributed by atoms with E-state index in [-0.39, 0.29) is 5.41 Å². The average Bonchev–Trinajstić information content (AvgIpc) is 2.77. The highest BCUT2D eigenvalue weighted by atomic mass is 16.5. The maximum Gasteiger partial charge on any atom is 0.228 e. The van der Waals surface area contributed by atoms with E-state index >= 15 is 0 Å². The lowest BCUT2D eigenvalue weighted by Gasteiger charge is -2.57. The number of nitrogens with zero attached hydrogens (tertiary/aromatic N) is 3. The third kappa shape index (κ3) is 3.11. The summed E-state index contributed by atoms with van der Waals surface area (Å²) in [6.07, 6.45) is 7.63. The van der Waals surface area contributed by atoms with Gasteiger partial charge in [0.15, 0.2) is 0 Å². The summed E-state index contributed by atoms with van der Waals surface area (Å²) in [6.45, 7) is 5.47. The van der Waals surface area contributed by atoms with Crippen molar-refractivity contribution in [3.63, 3.8) is 0 Å². The molecule has 1 aromatic carbocycles. The van der Waals surface area contributed by atoms with E-state index in [9.17, 15) is 4.79 Å². The molecule has 1 aliphatic heterocycles. The SMILES string of the molecule is COc1cccc2c(C)cc(N3CCN(C(=O)C45CC6CC(CC(C6)C4)C5)CC3)nc12. The van der Waals surface area contributed by atoms with Crippen molar-refractivity contribution < 1.29 is 9.53 Å². The summed E-state index contributed by atoms with van der Waals surface area (Å²) < 4.78 is 5.56. The standard InChI is InChI=1S/C26H33N3O2/c1-17-10-23(27-24-21(17)4-3-5-22(24)31-2)28-6-8-29(9-7-28)25(30)26-14-18-11-19(15-26)13-20(12-18)16-26/h3-5,10,18-20H,6-9,11-16H2,1-2H3. The van der Waals surface area contributed by atoms with Gasteiger partial charge in [0, 0.05) is 31.6 Å². The van der Waals surface area contributed by atoms with E-state index in [1.54, 1.807) is 7.11 Å². The van der Waals surface area contributed by atoms with Crippen molar-refractivity contribution in [2.24, 2.45) is 23.2 Å². The Morgan fingerprint density at radius 1 is 1.03 bits per heavy atom. The number of aryl methyl sites for hydroxylation is 1. The molecule has 0 radical (unpaired) electrons. The quantitative estimate of drug-likeness (QED) is 0.739. The molecule has 0 unspecified atom stereocenters. The molecule has 0 N–H and O–H groups in total. The van der Waals surface area contributed by atoms with Crippen molar-refractivity contribution in [2.75, 3.05) is 38.2 Å². The molecule has 5 nitrogen and oxygen atoms in total. The predicted molar refractivity (Wildman–Crippen MR) is 122 cm³/mol. The van der Waals surface area contributed by atoms with Crippen molar-refractivity contribution >= 4 is 22.6 Å². The monoisotopic (exact) mass is 419 g/mol. The number of hydrogen-bond acceptors (Lipinski definition) is 4. The van der Waals surface area contributed by atoms with Gasteiger partial charge < -0.3 is 14.5 Å². The van der Waals surface area contributed by atoms with Crippen LogP contribution in [0.4, 0.5) is 5.82 Å². The van der Waals surface area contributed by atoms with E-state index in [4.69, 9.17) is 9.72 Å². The molecule has 5 fully saturated rings. The number of amides is 1. The van der Waals surface area contributed by atoms with Crippen molar-refractivity contribution in [1.29, 1.82) is 0 Å². The number of carbonyl (C=O) groups is 1. The lowest BCUT2D eigenvalue weighted by Crippen LogP contribution is -2.58. The van der Waals surface area contributed by atoms with Crippen molar-refractivity contribution in [2.45, 2.75) is 45.4 Å². The van der Waals surface area contributed by atoms with Crippen molar-refractivity contribution in [1.82, 2.24) is 9.88 Å². The molecule has 5 aliphatic rings. The van der Waals surface area contributed by atoms with E-state index in [1.165, 1.54) is 24.8 Å². The normalized spacial score (nSPS) is 32.0. The smallest absolute Gasteiger partial charge is 0.228 e. The Morgan fingerprint density at radius 2 is 1.68 bits per heavy atom. The van der Waals surface area contributed by atoms with Crippen LogP contribution in [-0.4, -0.2) is 49.1 Å². The molecule has 7 rings (SSSR count). The Hall–Kier alpha value is -2.30. The second-order valence-electron chi connectivity index (χ2n) is 10.6. The molecule has 4 bridgehead atoms. The third-order valence-electron chi connectivity index (χ3n) is 8.60. The predicted octanol–water partition coefficient (Wildman–Crippen LogP) is 4.42. The van der Waals surface area contributed by atoms with Crippen LogP contribution in [0.3, 0.4) is 0 Å². The highest BCUT2D eigenvalue weighted by Gasteiger charge is 2.55. The minimum absolute atomic E-state index is 0.0257. The summed E-state index contributed by atoms with van der Waals surface area (Å²) in [5, 5.41) is 1.14. The van der Waals surface area contributed by atoms with Crippen molar-refractivity contribution in [3.8, 4) is 5.75 Å². The topological polar surface area (TPSA) is 45.7 Å². The van der Waals surface area contributed by atoms with Crippen LogP contribution in [0.5, 0.6) is 5.75 Å². The van der Waals surface area contributed by atoms with E-state index in [0.29, 0.717) is 5.91 Å². The van der Waals surface area contributed by atoms with Crippen LogP contribution in [-0.2, 0) is 4.79 Å². The zero-order chi connectivity index (χ0) is 21.2. The highest BCUT2D eigenvalue weighted by Crippen LogP contribution is 2.60. The maximum atomic E-state index is 13.7. The second kappa shape index (κ2) is 7.11. The number of hydrogen-bond donors (Lipinski definition) is 0. The van der Waals surface area contributed by atoms with Gasteiger partial charge in [0.1, 0.15) is 17.1 Å². The Bertz CT molecular complexity index is 989. The van der Waals surface area contributed by atoms with Gasteiger partial charge in [-0.1, -0.05) is 12.1 Å². The number of carbonyl (C=O) groups excluding carboxylic acids is 1. The molecule has 4 saturated carbocycles. The number of pyridine rings is 1. The van der Waals surface area contributed by atoms with Gasteiger partial charge in [0.2, 0.25) is 5.91 Å². The number of fused-ring (bicyclic) bond motifs is 1. The number of para-hydroxylation sites is 1. The molecular formula is C26H33N3O2. The molecule has 1 amide bonds. The van der Waals surface area contributed by atoms with E-state index in [1.807, 2.05) is 12.1 Å². The van der Waals surface area contributed by atoms with Crippen LogP contribution >= 0.6 is 0 Å². The minimum Gasteiger partial charge on any atom is -0.494 e. The zero-order valence-corrected chi connectivity index (χ0v) is 18.8. The lowest BCUT2D eigenvalue weighted by molar-refractivity contribution is -0.158. The molecule has 1 saturated heterocycles. The third-order valence-corrected chi connectivity index (χ3v) is 8.60. The molecule has 4 aliphatic carbocycles. The summed E-state index contributed by atoms with van der Waals surface area (Å²) in [6, 6.07) is 8.27. The molecular weight excluding hydrogens is 386 g/mol. The Kier molecular flexibility index (Phi) is 4.45. The van der Waals surface area contributed by atoms with Gasteiger partial charge >= 0.3 is 0 Å². The molecule has 5 heteroatoms. The van der Waals surface area contributed by atoms with Crippen LogP contribution in [0.25, 0.3) is 10.9 Å². The highest BCUT2D eigenvalue weighted by molar-refractivity contribution is 5.89. The van der Waals surface area contributed by atoms with Crippen LogP contribution in [0.2, 0.25) is 0 Å². The largest absolute Gasteiger partial charge is 0.494 e. The average molecular weight is 420 g/mol. The van der Waals surface area contributed by atoms with E-state index in [0.717, 1.165) is 85.7 Å². The molecule has 0 atom stereocenters. The second-order valence-corrected chi connectivity index (χ2v) is 10.6. The van der Waals surface area contributed by atoms with E-state index < -0.39 is 0 Å².